The number of hydrogen-bond donors (Lipinski definition) is 1. The summed E-state index contributed by atoms with van der Waals surface area (Å²) in [6.45, 7) is 26.9. The van der Waals surface area contributed by atoms with Crippen molar-refractivity contribution in [1.82, 2.24) is 9.88 Å². The average Bonchev–Trinajstić information content (AvgIpc) is 3.24. The van der Waals surface area contributed by atoms with Gasteiger partial charge >= 0.3 is 23.9 Å². The summed E-state index contributed by atoms with van der Waals surface area (Å²) in [5.41, 5.74) is 7.16. The van der Waals surface area contributed by atoms with Crippen LogP contribution in [0.2, 0.25) is 0 Å². The fourth-order valence-corrected chi connectivity index (χ4v) is 6.24. The van der Waals surface area contributed by atoms with Gasteiger partial charge in [0.2, 0.25) is 5.91 Å². The number of amides is 1. The van der Waals surface area contributed by atoms with Gasteiger partial charge in [0.25, 0.3) is 0 Å². The Morgan fingerprint density at radius 1 is 0.556 bits per heavy atom. The largest absolute Gasteiger partial charge is 0.465 e. The Balaban J connectivity index is 0.000000481. The lowest BCUT2D eigenvalue weighted by molar-refractivity contribution is -0.147. The molecule has 350 valence electrons. The highest BCUT2D eigenvalue weighted by atomic mass is 16.5. The van der Waals surface area contributed by atoms with E-state index in [9.17, 15) is 24.0 Å². The number of carbonyl (C=O) groups excluding carboxylic acids is 5. The molecule has 0 aliphatic rings. The van der Waals surface area contributed by atoms with Crippen LogP contribution in [0.4, 0.5) is 0 Å². The van der Waals surface area contributed by atoms with Gasteiger partial charge in [-0.15, -0.1) is 0 Å². The van der Waals surface area contributed by atoms with Crippen LogP contribution >= 0.6 is 0 Å². The summed E-state index contributed by atoms with van der Waals surface area (Å²) < 4.78 is 20.4. The van der Waals surface area contributed by atoms with E-state index in [-0.39, 0.29) is 40.8 Å². The number of aromatic nitrogens is 1. The number of pyridine rings is 1. The SMILES string of the molecule is CC(C)COC(=O)CCCCC(=O)OCC(C)C.CC(C)COC(=O)c1ccccc1C(=O)OCC(C)C.CC(C)N(CCC(C(N)=O)(c1ccccc1)c1ccccn1)C(C)C. The van der Waals surface area contributed by atoms with Crippen LogP contribution in [-0.2, 0) is 38.7 Å². The predicted octanol–water partition coefficient (Wildman–Crippen LogP) is 9.62. The van der Waals surface area contributed by atoms with Gasteiger partial charge < -0.3 is 24.7 Å². The number of nitrogens with two attached hydrogens (primary N) is 1. The van der Waals surface area contributed by atoms with E-state index in [2.05, 4.69) is 37.6 Å². The van der Waals surface area contributed by atoms with Gasteiger partial charge in [-0.2, -0.15) is 0 Å². The van der Waals surface area contributed by atoms with Crippen LogP contribution in [0, 0.1) is 23.7 Å². The van der Waals surface area contributed by atoms with Gasteiger partial charge in [-0.3, -0.25) is 24.3 Å². The summed E-state index contributed by atoms with van der Waals surface area (Å²) in [5.74, 6) is -0.479. The third-order valence-corrected chi connectivity index (χ3v) is 9.49. The van der Waals surface area contributed by atoms with Crippen molar-refractivity contribution in [3.8, 4) is 0 Å². The molecular weight excluding hydrogens is 799 g/mol. The number of rotatable bonds is 23. The smallest absolute Gasteiger partial charge is 0.339 e. The lowest BCUT2D eigenvalue weighted by Crippen LogP contribution is -2.47. The van der Waals surface area contributed by atoms with E-state index in [1.54, 1.807) is 30.5 Å². The summed E-state index contributed by atoms with van der Waals surface area (Å²) in [6.07, 6.45) is 4.42. The molecule has 3 rings (SSSR count). The molecule has 1 aromatic heterocycles. The minimum Gasteiger partial charge on any atom is -0.465 e. The number of esters is 4. The molecule has 0 spiro atoms. The average molecular weight is 876 g/mol. The molecule has 1 atom stereocenters. The van der Waals surface area contributed by atoms with Crippen LogP contribution in [0.15, 0.2) is 79.0 Å². The van der Waals surface area contributed by atoms with Gasteiger partial charge in [0.15, 0.2) is 0 Å². The molecular formula is C51H77N3O9. The van der Waals surface area contributed by atoms with Gasteiger partial charge in [-0.05, 0) is 100 Å². The first-order chi connectivity index (χ1) is 29.7. The highest BCUT2D eigenvalue weighted by molar-refractivity contribution is 6.03. The number of primary amides is 1. The number of ether oxygens (including phenoxy) is 4. The summed E-state index contributed by atoms with van der Waals surface area (Å²) in [7, 11) is 0. The maximum atomic E-state index is 12.7. The molecule has 3 aromatic rings. The lowest BCUT2D eigenvalue weighted by Gasteiger charge is -2.36. The topological polar surface area (TPSA) is 164 Å². The number of unbranched alkanes of at least 4 members (excludes halogenated alkanes) is 1. The molecule has 63 heavy (non-hydrogen) atoms. The Hall–Kier alpha value is -5.10. The highest BCUT2D eigenvalue weighted by Gasteiger charge is 2.42. The molecule has 1 unspecified atom stereocenters. The fourth-order valence-electron chi connectivity index (χ4n) is 6.24. The first-order valence-electron chi connectivity index (χ1n) is 22.5. The van der Waals surface area contributed by atoms with Crippen molar-refractivity contribution in [2.75, 3.05) is 33.0 Å². The van der Waals surface area contributed by atoms with E-state index < -0.39 is 17.4 Å². The van der Waals surface area contributed by atoms with Gasteiger partial charge in [-0.1, -0.05) is 104 Å². The van der Waals surface area contributed by atoms with Gasteiger partial charge in [0, 0.05) is 37.7 Å². The first kappa shape index (κ1) is 55.9. The van der Waals surface area contributed by atoms with E-state index >= 15 is 0 Å². The van der Waals surface area contributed by atoms with Crippen molar-refractivity contribution in [3.63, 3.8) is 0 Å². The molecule has 2 aromatic carbocycles. The molecule has 0 radical (unpaired) electrons. The molecule has 0 saturated carbocycles. The normalized spacial score (nSPS) is 12.0. The zero-order chi connectivity index (χ0) is 47.5. The van der Waals surface area contributed by atoms with Gasteiger partial charge in [0.05, 0.1) is 43.2 Å². The van der Waals surface area contributed by atoms with Crippen LogP contribution in [0.3, 0.4) is 0 Å². The monoisotopic (exact) mass is 876 g/mol. The number of benzene rings is 2. The van der Waals surface area contributed by atoms with E-state index in [4.69, 9.17) is 24.7 Å². The molecule has 12 heteroatoms. The molecule has 0 saturated heterocycles. The zero-order valence-corrected chi connectivity index (χ0v) is 40.2. The molecule has 0 aliphatic carbocycles. The van der Waals surface area contributed by atoms with Crippen molar-refractivity contribution in [2.45, 2.75) is 133 Å². The molecule has 0 fully saturated rings. The third-order valence-electron chi connectivity index (χ3n) is 9.49. The second-order valence-corrected chi connectivity index (χ2v) is 17.9. The quantitative estimate of drug-likeness (QED) is 0.0548. The summed E-state index contributed by atoms with van der Waals surface area (Å²) in [5, 5.41) is 0. The highest BCUT2D eigenvalue weighted by Crippen LogP contribution is 2.35. The minimum atomic E-state index is -0.926. The van der Waals surface area contributed by atoms with E-state index in [1.165, 1.54) is 0 Å². The number of hydrogen-bond acceptors (Lipinski definition) is 11. The second kappa shape index (κ2) is 30.1. The van der Waals surface area contributed by atoms with Crippen molar-refractivity contribution in [2.24, 2.45) is 29.4 Å². The Morgan fingerprint density at radius 2 is 0.952 bits per heavy atom. The molecule has 12 nitrogen and oxygen atoms in total. The Kier molecular flexibility index (Phi) is 26.7. The minimum absolute atomic E-state index is 0.181. The van der Waals surface area contributed by atoms with Crippen LogP contribution < -0.4 is 5.73 Å². The Labute approximate surface area is 378 Å². The first-order valence-corrected chi connectivity index (χ1v) is 22.5. The standard InChI is InChI=1S/C21H29N3O.C16H22O4.C14H26O4/c1-16(2)24(17(3)4)15-13-21(20(22)25,18-10-6-5-7-11-18)19-12-8-9-14-23-19;1-11(2)9-19-15(17)13-7-5-6-8-14(13)16(18)20-10-12(3)4;1-11(2)9-17-13(15)7-5-6-8-14(16)18-10-12(3)4/h5-12,14,16-17H,13,15H2,1-4H3,(H2,22,25);5-8,11-12H,9-10H2,1-4H3;11-12H,5-10H2,1-4H3. The van der Waals surface area contributed by atoms with Crippen molar-refractivity contribution in [1.29, 1.82) is 0 Å². The summed E-state index contributed by atoms with van der Waals surface area (Å²) in [4.78, 5) is 66.1. The molecule has 1 amide bonds. The lowest BCUT2D eigenvalue weighted by atomic mass is 9.73. The molecule has 2 N–H and O–H groups in total. The van der Waals surface area contributed by atoms with E-state index in [0.717, 1.165) is 12.1 Å². The maximum absolute atomic E-state index is 12.7. The molecule has 1 heterocycles. The fraction of sp³-hybridized carbons (Fsp3) is 0.569. The molecule has 0 bridgehead atoms. The van der Waals surface area contributed by atoms with Crippen LogP contribution in [0.1, 0.15) is 147 Å². The van der Waals surface area contributed by atoms with Crippen LogP contribution in [-0.4, -0.2) is 84.7 Å². The van der Waals surface area contributed by atoms with Gasteiger partial charge in [0.1, 0.15) is 5.41 Å². The third kappa shape index (κ3) is 21.7. The Bertz CT molecular complexity index is 1660. The Morgan fingerprint density at radius 3 is 1.32 bits per heavy atom. The second-order valence-electron chi connectivity index (χ2n) is 17.9. The van der Waals surface area contributed by atoms with Crippen LogP contribution in [0.5, 0.6) is 0 Å². The zero-order valence-electron chi connectivity index (χ0n) is 40.2. The van der Waals surface area contributed by atoms with Crippen molar-refractivity contribution < 1.29 is 42.9 Å². The van der Waals surface area contributed by atoms with Gasteiger partial charge in [-0.25, -0.2) is 9.59 Å². The number of nitrogens with zero attached hydrogens (tertiary/aromatic N) is 2. The van der Waals surface area contributed by atoms with Crippen molar-refractivity contribution in [3.05, 3.63) is 101 Å². The van der Waals surface area contributed by atoms with E-state index in [0.29, 0.717) is 88.1 Å². The summed E-state index contributed by atoms with van der Waals surface area (Å²) in [6, 6.07) is 22.8. The maximum Gasteiger partial charge on any atom is 0.339 e. The van der Waals surface area contributed by atoms with Crippen molar-refractivity contribution >= 4 is 29.8 Å². The molecule has 0 aliphatic heterocycles. The van der Waals surface area contributed by atoms with E-state index in [1.807, 2.05) is 104 Å². The number of carbonyl (C=O) groups is 5. The van der Waals surface area contributed by atoms with Crippen LogP contribution in [0.25, 0.3) is 0 Å². The predicted molar refractivity (Wildman–Crippen MR) is 249 cm³/mol. The summed E-state index contributed by atoms with van der Waals surface area (Å²) >= 11 is 0.